The third-order valence-electron chi connectivity index (χ3n) is 5.48. The van der Waals surface area contributed by atoms with Crippen LogP contribution in [0.5, 0.6) is 0 Å². The Labute approximate surface area is 156 Å². The number of hydrogen-bond donors (Lipinski definition) is 2. The van der Waals surface area contributed by atoms with Gasteiger partial charge in [0.1, 0.15) is 0 Å². The second-order valence-electron chi connectivity index (χ2n) is 7.24. The van der Waals surface area contributed by atoms with Crippen LogP contribution >= 0.6 is 0 Å². The summed E-state index contributed by atoms with van der Waals surface area (Å²) in [6.07, 6.45) is 3.82. The monoisotopic (exact) mass is 362 g/mol. The van der Waals surface area contributed by atoms with Gasteiger partial charge in [-0.05, 0) is 48.6 Å². The molecule has 3 aliphatic rings. The predicted molar refractivity (Wildman–Crippen MR) is 106 cm³/mol. The van der Waals surface area contributed by atoms with E-state index in [2.05, 4.69) is 19.9 Å². The fraction of sp³-hybridized carbons (Fsp3) is 0. The Morgan fingerprint density at radius 3 is 2.36 bits per heavy atom. The van der Waals surface area contributed by atoms with Crippen LogP contribution in [0.1, 0.15) is 27.3 Å². The predicted octanol–water partition coefficient (Wildman–Crippen LogP) is 3.60. The smallest absolute Gasteiger partial charge is 0.199 e. The van der Waals surface area contributed by atoms with Crippen LogP contribution < -0.4 is 5.43 Å². The van der Waals surface area contributed by atoms with Crippen molar-refractivity contribution in [1.82, 2.24) is 19.9 Å². The van der Waals surface area contributed by atoms with E-state index in [0.717, 1.165) is 33.5 Å². The Kier molecular flexibility index (Phi) is 2.22. The van der Waals surface area contributed by atoms with Gasteiger partial charge in [0.2, 0.25) is 0 Å². The number of fused-ring (bicyclic) bond motifs is 11. The third kappa shape index (κ3) is 1.67. The van der Waals surface area contributed by atoms with Crippen molar-refractivity contribution >= 4 is 40.0 Å². The first-order valence-corrected chi connectivity index (χ1v) is 8.93. The molecule has 8 bridgehead atoms. The Hall–Kier alpha value is -4.06. The highest BCUT2D eigenvalue weighted by Crippen LogP contribution is 2.44. The van der Waals surface area contributed by atoms with Crippen LogP contribution in [-0.4, -0.2) is 25.7 Å². The highest BCUT2D eigenvalue weighted by Gasteiger charge is 2.39. The van der Waals surface area contributed by atoms with Crippen LogP contribution in [0.2, 0.25) is 0 Å². The number of carbonyl (C=O) groups excluding carboxylic acids is 1. The summed E-state index contributed by atoms with van der Waals surface area (Å²) < 4.78 is 0. The van der Waals surface area contributed by atoms with Crippen molar-refractivity contribution in [3.8, 4) is 22.5 Å². The van der Waals surface area contributed by atoms with E-state index in [1.165, 1.54) is 0 Å². The average molecular weight is 362 g/mol. The zero-order valence-electron chi connectivity index (χ0n) is 14.3. The molecule has 4 aromatic rings. The normalized spacial score (nSPS) is 13.8. The molecule has 7 rings (SSSR count). The van der Waals surface area contributed by atoms with Gasteiger partial charge in [-0.25, -0.2) is 9.97 Å². The SMILES string of the molecule is O=C1c2cc3cc4ccc(cc5nc(cc6nc(c1c2[nH]3)-c1c-6c1=O)C=C5)[nH]4. The summed E-state index contributed by atoms with van der Waals surface area (Å²) in [5.74, 6) is -0.0732. The van der Waals surface area contributed by atoms with Crippen LogP contribution in [0, 0.1) is 0 Å². The summed E-state index contributed by atoms with van der Waals surface area (Å²) in [5.41, 5.74) is 8.35. The lowest BCUT2D eigenvalue weighted by molar-refractivity contribution is 0.103. The van der Waals surface area contributed by atoms with Crippen molar-refractivity contribution in [3.05, 3.63) is 69.1 Å². The van der Waals surface area contributed by atoms with E-state index in [9.17, 15) is 9.59 Å². The Morgan fingerprint density at radius 2 is 1.50 bits per heavy atom. The molecule has 0 amide bonds. The summed E-state index contributed by atoms with van der Waals surface area (Å²) in [6.45, 7) is 0. The van der Waals surface area contributed by atoms with E-state index >= 15 is 0 Å². The van der Waals surface area contributed by atoms with Gasteiger partial charge in [-0.3, -0.25) is 9.59 Å². The van der Waals surface area contributed by atoms with Gasteiger partial charge < -0.3 is 9.97 Å². The topological polar surface area (TPSA) is 91.5 Å². The molecule has 0 saturated carbocycles. The Balaban J connectivity index is 1.66. The number of aromatic amines is 2. The van der Waals surface area contributed by atoms with Crippen molar-refractivity contribution < 1.29 is 4.79 Å². The van der Waals surface area contributed by atoms with Crippen LogP contribution in [0.25, 0.3) is 56.7 Å². The summed E-state index contributed by atoms with van der Waals surface area (Å²) in [6, 6.07) is 11.5. The van der Waals surface area contributed by atoms with Crippen molar-refractivity contribution in [2.75, 3.05) is 0 Å². The maximum absolute atomic E-state index is 12.7. The molecule has 1 aromatic carbocycles. The molecule has 1 aliphatic carbocycles. The molecule has 5 heterocycles. The third-order valence-corrected chi connectivity index (χ3v) is 5.48. The first-order valence-electron chi connectivity index (χ1n) is 8.93. The zero-order valence-corrected chi connectivity index (χ0v) is 14.3. The maximum atomic E-state index is 12.7. The molecule has 0 unspecified atom stereocenters. The maximum Gasteiger partial charge on any atom is 0.199 e. The number of hydrogen-bond acceptors (Lipinski definition) is 4. The molecule has 0 atom stereocenters. The van der Waals surface area contributed by atoms with Crippen LogP contribution in [0.4, 0.5) is 0 Å². The van der Waals surface area contributed by atoms with E-state index in [-0.39, 0.29) is 11.2 Å². The average Bonchev–Trinajstić information content (AvgIpc) is 3.16. The minimum atomic E-state index is -0.0732. The number of rotatable bonds is 0. The standard InChI is InChI=1S/C22H10N4O2/c27-21-14-7-13-6-11-2-1-9(23-11)5-10-3-4-12(24-10)8-15-16-17(22(16)28)20(26-15)18(21)19(14)25-13/h1-8,23,25H. The first kappa shape index (κ1) is 14.1. The van der Waals surface area contributed by atoms with Crippen LogP contribution in [-0.2, 0) is 0 Å². The highest BCUT2D eigenvalue weighted by atomic mass is 16.1. The molecular weight excluding hydrogens is 352 g/mol. The number of carbonyl (C=O) groups is 1. The van der Waals surface area contributed by atoms with E-state index in [1.54, 1.807) is 6.07 Å². The molecule has 0 fully saturated rings. The molecule has 0 radical (unpaired) electrons. The number of pyridine rings is 1. The first-order chi connectivity index (χ1) is 13.7. The van der Waals surface area contributed by atoms with Gasteiger partial charge in [-0.1, -0.05) is 0 Å². The largest absolute Gasteiger partial charge is 0.355 e. The van der Waals surface area contributed by atoms with Gasteiger partial charge >= 0.3 is 0 Å². The van der Waals surface area contributed by atoms with Crippen molar-refractivity contribution in [1.29, 1.82) is 0 Å². The van der Waals surface area contributed by atoms with Crippen molar-refractivity contribution in [2.45, 2.75) is 0 Å². The van der Waals surface area contributed by atoms with E-state index in [0.29, 0.717) is 33.6 Å². The number of aromatic nitrogens is 4. The second kappa shape index (κ2) is 4.43. The van der Waals surface area contributed by atoms with Gasteiger partial charge in [0, 0.05) is 22.1 Å². The minimum absolute atomic E-state index is 0.0274. The minimum Gasteiger partial charge on any atom is -0.355 e. The van der Waals surface area contributed by atoms with Gasteiger partial charge in [-0.2, -0.15) is 0 Å². The van der Waals surface area contributed by atoms with Crippen molar-refractivity contribution in [2.24, 2.45) is 0 Å². The van der Waals surface area contributed by atoms with E-state index < -0.39 is 0 Å². The summed E-state index contributed by atoms with van der Waals surface area (Å²) in [7, 11) is 0. The second-order valence-corrected chi connectivity index (χ2v) is 7.24. The molecule has 0 saturated heterocycles. The number of nitrogens with zero attached hydrogens (tertiary/aromatic N) is 2. The van der Waals surface area contributed by atoms with Gasteiger partial charge in [0.25, 0.3) is 0 Å². The van der Waals surface area contributed by atoms with E-state index in [4.69, 9.17) is 0 Å². The van der Waals surface area contributed by atoms with Crippen LogP contribution in [0.3, 0.4) is 0 Å². The Bertz CT molecular complexity index is 1600. The van der Waals surface area contributed by atoms with Crippen LogP contribution in [0.15, 0.2) is 41.2 Å². The lowest BCUT2D eigenvalue weighted by atomic mass is 9.91. The number of ketones is 1. The fourth-order valence-electron chi connectivity index (χ4n) is 4.12. The quantitative estimate of drug-likeness (QED) is 0.431. The van der Waals surface area contributed by atoms with Crippen molar-refractivity contribution in [3.63, 3.8) is 0 Å². The van der Waals surface area contributed by atoms with Gasteiger partial charge in [-0.15, -0.1) is 0 Å². The summed E-state index contributed by atoms with van der Waals surface area (Å²) in [5, 5.41) is 0. The number of H-pyrrole nitrogens is 2. The molecule has 3 aromatic heterocycles. The number of nitrogens with one attached hydrogen (secondary N) is 2. The lowest BCUT2D eigenvalue weighted by Gasteiger charge is -2.11. The summed E-state index contributed by atoms with van der Waals surface area (Å²) in [4.78, 5) is 40.7. The lowest BCUT2D eigenvalue weighted by Crippen LogP contribution is -2.13. The molecule has 0 spiro atoms. The molecule has 2 aliphatic heterocycles. The molecule has 6 heteroatoms. The van der Waals surface area contributed by atoms with Gasteiger partial charge in [0.05, 0.1) is 45.0 Å². The Morgan fingerprint density at radius 1 is 0.714 bits per heavy atom. The van der Waals surface area contributed by atoms with E-state index in [1.807, 2.05) is 42.5 Å². The zero-order chi connectivity index (χ0) is 18.6. The molecule has 2 N–H and O–H groups in total. The molecule has 28 heavy (non-hydrogen) atoms. The van der Waals surface area contributed by atoms with Gasteiger partial charge in [0.15, 0.2) is 11.2 Å². The molecular formula is C22H10N4O2. The molecule has 130 valence electrons. The highest BCUT2D eigenvalue weighted by molar-refractivity contribution is 6.31. The fourth-order valence-corrected chi connectivity index (χ4v) is 4.12. The molecule has 6 nitrogen and oxygen atoms in total. The summed E-state index contributed by atoms with van der Waals surface area (Å²) >= 11 is 0.